The summed E-state index contributed by atoms with van der Waals surface area (Å²) in [5.41, 5.74) is 0.392. The second-order valence-electron chi connectivity index (χ2n) is 5.88. The molecule has 1 atom stereocenters. The lowest BCUT2D eigenvalue weighted by Gasteiger charge is -2.17. The summed E-state index contributed by atoms with van der Waals surface area (Å²) in [6.07, 6.45) is 4.66. The van der Waals surface area contributed by atoms with Crippen LogP contribution < -0.4 is 0 Å². The van der Waals surface area contributed by atoms with Gasteiger partial charge in [-0.2, -0.15) is 0 Å². The van der Waals surface area contributed by atoms with Gasteiger partial charge in [-0.3, -0.25) is 4.79 Å². The van der Waals surface area contributed by atoms with E-state index >= 15 is 0 Å². The number of carboxylic acid groups (broad SMARTS) is 1. The summed E-state index contributed by atoms with van der Waals surface area (Å²) in [5, 5.41) is 24.8. The summed E-state index contributed by atoms with van der Waals surface area (Å²) < 4.78 is 0. The van der Waals surface area contributed by atoms with E-state index in [2.05, 4.69) is 20.8 Å². The largest absolute Gasteiger partial charge is 0.481 e. The normalized spacial score (nSPS) is 12.6. The maximum Gasteiger partial charge on any atom is 0.303 e. The van der Waals surface area contributed by atoms with Crippen molar-refractivity contribution in [1.29, 1.82) is 0 Å². The molecule has 0 fully saturated rings. The summed E-state index contributed by atoms with van der Waals surface area (Å²) in [7, 11) is 0. The molecule has 0 aliphatic rings. The number of carboxylic acids is 1. The van der Waals surface area contributed by atoms with Gasteiger partial charge in [-0.05, 0) is 31.6 Å². The highest BCUT2D eigenvalue weighted by atomic mass is 16.4. The minimum atomic E-state index is -0.675. The molecule has 0 heterocycles. The monoisotopic (exact) mass is 262 g/mol. The Bertz CT molecular complexity index is 194. The third kappa shape index (κ3) is 24.6. The van der Waals surface area contributed by atoms with E-state index in [4.69, 9.17) is 15.3 Å². The molecule has 0 aliphatic heterocycles. The molecule has 0 saturated heterocycles. The fraction of sp³-hybridized carbons (Fsp3) is 0.929. The van der Waals surface area contributed by atoms with Crippen LogP contribution in [0.25, 0.3) is 0 Å². The molecule has 0 aromatic heterocycles. The van der Waals surface area contributed by atoms with Crippen molar-refractivity contribution in [1.82, 2.24) is 0 Å². The number of aliphatic carboxylic acids is 1. The fourth-order valence-electron chi connectivity index (χ4n) is 1.30. The standard InChI is InChI=1S/C10H20O2.C4H10O2/c1-10(2,3)8-6-4-5-7-9(11)12;1-4(6)2-3-5/h4-8H2,1-3H3,(H,11,12);4-6H,2-3H2,1H3. The first-order chi connectivity index (χ1) is 8.19. The Morgan fingerprint density at radius 1 is 1.17 bits per heavy atom. The van der Waals surface area contributed by atoms with Crippen LogP contribution in [0.5, 0.6) is 0 Å². The molecule has 1 unspecified atom stereocenters. The molecule has 0 bridgehead atoms. The number of aliphatic hydroxyl groups is 2. The van der Waals surface area contributed by atoms with Crippen LogP contribution in [0.15, 0.2) is 0 Å². The SMILES string of the molecule is CC(C)(C)CCCCCC(=O)O.CC(O)CCO. The third-order valence-corrected chi connectivity index (χ3v) is 2.36. The van der Waals surface area contributed by atoms with Gasteiger partial charge in [0.1, 0.15) is 0 Å². The summed E-state index contributed by atoms with van der Waals surface area (Å²) in [5.74, 6) is -0.675. The molecule has 0 radical (unpaired) electrons. The third-order valence-electron chi connectivity index (χ3n) is 2.36. The molecule has 0 aromatic rings. The molecule has 0 rings (SSSR count). The summed E-state index contributed by atoms with van der Waals surface area (Å²) >= 11 is 0. The van der Waals surface area contributed by atoms with Crippen LogP contribution >= 0.6 is 0 Å². The molecule has 0 spiro atoms. The molecule has 0 aromatic carbocycles. The van der Waals surface area contributed by atoms with Gasteiger partial charge in [0.2, 0.25) is 0 Å². The van der Waals surface area contributed by atoms with Crippen molar-refractivity contribution in [3.63, 3.8) is 0 Å². The highest BCUT2D eigenvalue weighted by Gasteiger charge is 2.08. The van der Waals surface area contributed by atoms with E-state index in [-0.39, 0.29) is 12.7 Å². The predicted molar refractivity (Wildman–Crippen MR) is 73.6 cm³/mol. The first-order valence-electron chi connectivity index (χ1n) is 6.69. The maximum absolute atomic E-state index is 10.2. The lowest BCUT2D eigenvalue weighted by atomic mass is 9.89. The highest BCUT2D eigenvalue weighted by Crippen LogP contribution is 2.22. The van der Waals surface area contributed by atoms with Crippen molar-refractivity contribution in [3.05, 3.63) is 0 Å². The van der Waals surface area contributed by atoms with Crippen LogP contribution in [0.2, 0.25) is 0 Å². The predicted octanol–water partition coefficient (Wildman–Crippen LogP) is 2.82. The van der Waals surface area contributed by atoms with Crippen LogP contribution in [0.3, 0.4) is 0 Å². The van der Waals surface area contributed by atoms with Gasteiger partial charge in [0.25, 0.3) is 0 Å². The molecule has 0 aliphatic carbocycles. The van der Waals surface area contributed by atoms with Gasteiger partial charge in [0, 0.05) is 13.0 Å². The van der Waals surface area contributed by atoms with Crippen molar-refractivity contribution >= 4 is 5.97 Å². The van der Waals surface area contributed by atoms with Crippen molar-refractivity contribution in [3.8, 4) is 0 Å². The van der Waals surface area contributed by atoms with E-state index in [0.29, 0.717) is 18.3 Å². The zero-order valence-electron chi connectivity index (χ0n) is 12.3. The summed E-state index contributed by atoms with van der Waals surface area (Å²) in [6.45, 7) is 8.37. The zero-order valence-corrected chi connectivity index (χ0v) is 12.3. The first kappa shape index (κ1) is 19.7. The van der Waals surface area contributed by atoms with Crippen LogP contribution in [0, 0.1) is 5.41 Å². The van der Waals surface area contributed by atoms with Gasteiger partial charge in [0.05, 0.1) is 6.10 Å². The lowest BCUT2D eigenvalue weighted by Crippen LogP contribution is -2.04. The summed E-state index contributed by atoms with van der Waals surface area (Å²) in [4.78, 5) is 10.2. The zero-order chi connectivity index (χ0) is 14.6. The Balaban J connectivity index is 0. The Kier molecular flexibility index (Phi) is 12.6. The molecule has 0 saturated carbocycles. The first-order valence-corrected chi connectivity index (χ1v) is 6.69. The van der Waals surface area contributed by atoms with E-state index < -0.39 is 5.97 Å². The molecule has 110 valence electrons. The van der Waals surface area contributed by atoms with Gasteiger partial charge in [0.15, 0.2) is 0 Å². The van der Waals surface area contributed by atoms with Gasteiger partial charge < -0.3 is 15.3 Å². The Morgan fingerprint density at radius 2 is 1.72 bits per heavy atom. The molecule has 3 N–H and O–H groups in total. The number of rotatable bonds is 7. The molecule has 18 heavy (non-hydrogen) atoms. The fourth-order valence-corrected chi connectivity index (χ4v) is 1.30. The number of unbranched alkanes of at least 4 members (excludes halogenated alkanes) is 2. The Labute approximate surface area is 111 Å². The smallest absolute Gasteiger partial charge is 0.303 e. The Hall–Kier alpha value is -0.610. The van der Waals surface area contributed by atoms with Crippen molar-refractivity contribution in [2.75, 3.05) is 6.61 Å². The minimum Gasteiger partial charge on any atom is -0.481 e. The van der Waals surface area contributed by atoms with E-state index in [1.165, 1.54) is 6.42 Å². The van der Waals surface area contributed by atoms with Crippen molar-refractivity contribution < 1.29 is 20.1 Å². The summed E-state index contributed by atoms with van der Waals surface area (Å²) in [6, 6.07) is 0. The van der Waals surface area contributed by atoms with E-state index in [9.17, 15) is 4.79 Å². The molecular weight excluding hydrogens is 232 g/mol. The van der Waals surface area contributed by atoms with Crippen LogP contribution in [0.4, 0.5) is 0 Å². The van der Waals surface area contributed by atoms with Crippen LogP contribution in [-0.4, -0.2) is 34.0 Å². The molecular formula is C14H30O4. The average Bonchev–Trinajstić information content (AvgIpc) is 2.15. The van der Waals surface area contributed by atoms with Crippen LogP contribution in [-0.2, 0) is 4.79 Å². The molecule has 0 amide bonds. The van der Waals surface area contributed by atoms with Gasteiger partial charge in [-0.25, -0.2) is 0 Å². The number of hydrogen-bond acceptors (Lipinski definition) is 3. The van der Waals surface area contributed by atoms with Gasteiger partial charge >= 0.3 is 5.97 Å². The van der Waals surface area contributed by atoms with Crippen LogP contribution in [0.1, 0.15) is 66.2 Å². The van der Waals surface area contributed by atoms with E-state index in [0.717, 1.165) is 19.3 Å². The van der Waals surface area contributed by atoms with E-state index in [1.54, 1.807) is 6.92 Å². The quantitative estimate of drug-likeness (QED) is 0.616. The molecule has 4 nitrogen and oxygen atoms in total. The average molecular weight is 262 g/mol. The topological polar surface area (TPSA) is 77.8 Å². The molecule has 4 heteroatoms. The maximum atomic E-state index is 10.2. The lowest BCUT2D eigenvalue weighted by molar-refractivity contribution is -0.137. The van der Waals surface area contributed by atoms with Crippen molar-refractivity contribution in [2.45, 2.75) is 72.3 Å². The van der Waals surface area contributed by atoms with E-state index in [1.807, 2.05) is 0 Å². The number of aliphatic hydroxyl groups excluding tert-OH is 2. The minimum absolute atomic E-state index is 0.0810. The number of hydrogen-bond donors (Lipinski definition) is 3. The second-order valence-corrected chi connectivity index (χ2v) is 5.88. The Morgan fingerprint density at radius 3 is 2.00 bits per heavy atom. The highest BCUT2D eigenvalue weighted by molar-refractivity contribution is 5.66. The number of carbonyl (C=O) groups is 1. The van der Waals surface area contributed by atoms with Gasteiger partial charge in [-0.1, -0.05) is 33.6 Å². The second kappa shape index (κ2) is 11.5. The van der Waals surface area contributed by atoms with Gasteiger partial charge in [-0.15, -0.1) is 0 Å². The van der Waals surface area contributed by atoms with Crippen molar-refractivity contribution in [2.24, 2.45) is 5.41 Å².